The molecule has 0 saturated heterocycles. The van der Waals surface area contributed by atoms with E-state index in [9.17, 15) is 10.4 Å². The number of hydrogen-bond donors (Lipinski definition) is 2. The Kier molecular flexibility index (Phi) is 2.80. The number of nitrogens with zero attached hydrogens (tertiary/aromatic N) is 4. The van der Waals surface area contributed by atoms with Crippen molar-refractivity contribution in [2.24, 2.45) is 10.6 Å². The SMILES string of the molecule is [O-]/[N+](C/[N+]([O-])=N\O)=N/O. The van der Waals surface area contributed by atoms with E-state index in [1.807, 2.05) is 10.6 Å². The van der Waals surface area contributed by atoms with Gasteiger partial charge in [-0.05, 0) is 0 Å². The first kappa shape index (κ1) is 7.40. The van der Waals surface area contributed by atoms with Gasteiger partial charge in [0.15, 0.2) is 0 Å². The van der Waals surface area contributed by atoms with Gasteiger partial charge in [-0.25, -0.2) is 0 Å². The third-order valence-corrected chi connectivity index (χ3v) is 0.441. The van der Waals surface area contributed by atoms with Gasteiger partial charge in [-0.3, -0.25) is 0 Å². The zero-order valence-electron chi connectivity index (χ0n) is 4.21. The van der Waals surface area contributed by atoms with Crippen LogP contribution in [0.15, 0.2) is 10.6 Å². The smallest absolute Gasteiger partial charge is 0.408 e. The van der Waals surface area contributed by atoms with Crippen LogP contribution in [0.2, 0.25) is 0 Å². The predicted molar refractivity (Wildman–Crippen MR) is 20.6 cm³/mol. The second-order valence-electron chi connectivity index (χ2n) is 1.02. The highest BCUT2D eigenvalue weighted by molar-refractivity contribution is 3.97. The van der Waals surface area contributed by atoms with Crippen molar-refractivity contribution < 1.29 is 20.1 Å². The molecule has 0 aliphatic heterocycles. The Hall–Kier alpha value is -1.60. The lowest BCUT2D eigenvalue weighted by Crippen LogP contribution is -2.13. The minimum atomic E-state index is -0.868. The second-order valence-corrected chi connectivity index (χ2v) is 1.02. The molecule has 0 aliphatic rings. The maximum atomic E-state index is 9.87. The molecule has 0 heterocycles. The highest BCUT2D eigenvalue weighted by atomic mass is 16.6. The van der Waals surface area contributed by atoms with Crippen LogP contribution in [0.4, 0.5) is 0 Å². The van der Waals surface area contributed by atoms with Crippen LogP contribution in [-0.4, -0.2) is 26.8 Å². The third kappa shape index (κ3) is 3.02. The Labute approximate surface area is 49.0 Å². The van der Waals surface area contributed by atoms with E-state index >= 15 is 0 Å². The van der Waals surface area contributed by atoms with E-state index in [0.29, 0.717) is 0 Å². The quantitative estimate of drug-likeness (QED) is 0.233. The molecule has 0 aromatic carbocycles. The molecule has 0 fully saturated rings. The Balaban J connectivity index is 3.75. The Morgan fingerprint density at radius 3 is 1.67 bits per heavy atom. The fourth-order valence-electron chi connectivity index (χ4n) is 0.160. The molecule has 0 bridgehead atoms. The first-order valence-electron chi connectivity index (χ1n) is 1.80. The Morgan fingerprint density at radius 2 is 1.44 bits per heavy atom. The molecule has 0 aliphatic carbocycles. The van der Waals surface area contributed by atoms with Crippen LogP contribution in [0, 0.1) is 10.4 Å². The highest BCUT2D eigenvalue weighted by Crippen LogP contribution is 1.75. The summed E-state index contributed by atoms with van der Waals surface area (Å²) in [5.41, 5.74) is 0. The summed E-state index contributed by atoms with van der Waals surface area (Å²) in [6.07, 6.45) is 0. The molecule has 8 heteroatoms. The zero-order valence-corrected chi connectivity index (χ0v) is 4.21. The third-order valence-electron chi connectivity index (χ3n) is 0.441. The lowest BCUT2D eigenvalue weighted by atomic mass is 11.2. The van der Waals surface area contributed by atoms with Crippen LogP contribution >= 0.6 is 0 Å². The summed E-state index contributed by atoms with van der Waals surface area (Å²) in [5.74, 6) is 0. The number of hydrogen-bond acceptors (Lipinski definition) is 4. The molecule has 2 N–H and O–H groups in total. The van der Waals surface area contributed by atoms with E-state index < -0.39 is 6.67 Å². The van der Waals surface area contributed by atoms with Crippen molar-refractivity contribution in [2.45, 2.75) is 0 Å². The van der Waals surface area contributed by atoms with Crippen molar-refractivity contribution in [3.63, 3.8) is 0 Å². The molecular formula is CH4N4O4. The maximum absolute atomic E-state index is 9.87. The number of rotatable bonds is 2. The van der Waals surface area contributed by atoms with Gasteiger partial charge < -0.3 is 20.8 Å². The molecule has 0 spiro atoms. The van der Waals surface area contributed by atoms with Gasteiger partial charge in [0, 0.05) is 9.72 Å². The summed E-state index contributed by atoms with van der Waals surface area (Å²) in [5, 5.41) is 39.1. The molecule has 0 unspecified atom stereocenters. The molecule has 0 rings (SSSR count). The van der Waals surface area contributed by atoms with Crippen molar-refractivity contribution in [1.29, 1.82) is 0 Å². The largest absolute Gasteiger partial charge is 0.592 e. The minimum Gasteiger partial charge on any atom is -0.592 e. The topological polar surface area (TPSA) is 117 Å². The van der Waals surface area contributed by atoms with E-state index in [1.54, 1.807) is 0 Å². The monoisotopic (exact) mass is 136 g/mol. The van der Waals surface area contributed by atoms with Crippen LogP contribution in [0.25, 0.3) is 0 Å². The van der Waals surface area contributed by atoms with E-state index in [2.05, 4.69) is 0 Å². The van der Waals surface area contributed by atoms with Gasteiger partial charge in [0.05, 0.1) is 0 Å². The van der Waals surface area contributed by atoms with Gasteiger partial charge in [0.2, 0.25) is 10.6 Å². The van der Waals surface area contributed by atoms with Crippen LogP contribution in [-0.2, 0) is 0 Å². The molecule has 8 nitrogen and oxygen atoms in total. The van der Waals surface area contributed by atoms with Gasteiger partial charge in [-0.1, -0.05) is 0 Å². The van der Waals surface area contributed by atoms with E-state index in [1.165, 1.54) is 0 Å². The first-order valence-corrected chi connectivity index (χ1v) is 1.80. The summed E-state index contributed by atoms with van der Waals surface area (Å²) < 4.78 is 0. The first-order chi connectivity index (χ1) is 4.20. The van der Waals surface area contributed by atoms with Crippen molar-refractivity contribution >= 4 is 0 Å². The molecule has 0 atom stereocenters. The fourth-order valence-corrected chi connectivity index (χ4v) is 0.160. The van der Waals surface area contributed by atoms with E-state index in [0.717, 1.165) is 0 Å². The average Bonchev–Trinajstić information content (AvgIpc) is 1.87. The Bertz CT molecular complexity index is 124. The highest BCUT2D eigenvalue weighted by Gasteiger charge is 2.01. The summed E-state index contributed by atoms with van der Waals surface area (Å²) in [6.45, 7) is -0.868. The molecule has 52 valence electrons. The molecular weight excluding hydrogens is 132 g/mol. The van der Waals surface area contributed by atoms with Gasteiger partial charge in [-0.15, -0.1) is 0 Å². The number of hydroxylamine groups is 2. The summed E-state index contributed by atoms with van der Waals surface area (Å²) in [6, 6.07) is 0. The van der Waals surface area contributed by atoms with Crippen LogP contribution in [0.1, 0.15) is 0 Å². The predicted octanol–water partition coefficient (Wildman–Crippen LogP) is -0.353. The molecule has 9 heavy (non-hydrogen) atoms. The van der Waals surface area contributed by atoms with Crippen LogP contribution in [0.5, 0.6) is 0 Å². The normalized spacial score (nSPS) is 13.8. The Morgan fingerprint density at radius 1 is 1.11 bits per heavy atom. The maximum Gasteiger partial charge on any atom is 0.408 e. The van der Waals surface area contributed by atoms with E-state index in [4.69, 9.17) is 10.4 Å². The molecule has 0 radical (unpaired) electrons. The van der Waals surface area contributed by atoms with Crippen molar-refractivity contribution in [3.05, 3.63) is 10.4 Å². The van der Waals surface area contributed by atoms with Crippen LogP contribution < -0.4 is 0 Å². The van der Waals surface area contributed by atoms with Gasteiger partial charge in [-0.2, -0.15) is 0 Å². The molecule has 0 amide bonds. The van der Waals surface area contributed by atoms with Gasteiger partial charge in [0.1, 0.15) is 0 Å². The summed E-state index contributed by atoms with van der Waals surface area (Å²) in [4.78, 5) is -0.709. The lowest BCUT2D eigenvalue weighted by molar-refractivity contribution is -0.749. The standard InChI is InChI=1S/CH4N4O4/c6-2-4(8)1-5(9)3-7/h6-7H,1H2/b4-2+,5-3+. The van der Waals surface area contributed by atoms with Gasteiger partial charge >= 0.3 is 6.67 Å². The lowest BCUT2D eigenvalue weighted by Gasteiger charge is -1.93. The fraction of sp³-hybridized carbons (Fsp3) is 1.00. The summed E-state index contributed by atoms with van der Waals surface area (Å²) in [7, 11) is 0. The van der Waals surface area contributed by atoms with Crippen LogP contribution in [0.3, 0.4) is 0 Å². The van der Waals surface area contributed by atoms with Crippen molar-refractivity contribution in [2.75, 3.05) is 6.67 Å². The van der Waals surface area contributed by atoms with Gasteiger partial charge in [0.25, 0.3) is 0 Å². The summed E-state index contributed by atoms with van der Waals surface area (Å²) >= 11 is 0. The average molecular weight is 136 g/mol. The van der Waals surface area contributed by atoms with Crippen molar-refractivity contribution in [1.82, 2.24) is 0 Å². The van der Waals surface area contributed by atoms with Crippen molar-refractivity contribution in [3.8, 4) is 0 Å². The molecule has 0 aromatic heterocycles. The van der Waals surface area contributed by atoms with E-state index in [-0.39, 0.29) is 9.72 Å². The second kappa shape index (κ2) is 3.41. The minimum absolute atomic E-state index is 0.354. The molecule has 0 aromatic rings. The zero-order chi connectivity index (χ0) is 7.28. The molecule has 0 saturated carbocycles.